The van der Waals surface area contributed by atoms with Crippen molar-refractivity contribution in [2.24, 2.45) is 5.92 Å². The molecule has 1 aliphatic rings. The van der Waals surface area contributed by atoms with Crippen molar-refractivity contribution in [2.45, 2.75) is 26.3 Å². The smallest absolute Gasteiger partial charge is 0.0794 e. The third-order valence-electron chi connectivity index (χ3n) is 3.23. The average Bonchev–Trinajstić information content (AvgIpc) is 2.82. The maximum Gasteiger partial charge on any atom is 0.0794 e. The van der Waals surface area contributed by atoms with Crippen LogP contribution in [0.4, 0.5) is 0 Å². The van der Waals surface area contributed by atoms with E-state index < -0.39 is 0 Å². The number of hydrogen-bond donors (Lipinski definition) is 1. The van der Waals surface area contributed by atoms with Gasteiger partial charge in [-0.05, 0) is 38.4 Å². The Labute approximate surface area is 102 Å². The van der Waals surface area contributed by atoms with E-state index in [1.165, 1.54) is 37.4 Å². The minimum absolute atomic E-state index is 0.835. The van der Waals surface area contributed by atoms with Gasteiger partial charge in [-0.1, -0.05) is 6.92 Å². The van der Waals surface area contributed by atoms with Crippen LogP contribution in [-0.2, 0) is 6.54 Å². The number of piperidine rings is 1. The summed E-state index contributed by atoms with van der Waals surface area (Å²) in [5.41, 5.74) is 1.92. The summed E-state index contributed by atoms with van der Waals surface area (Å²) in [7, 11) is 0. The summed E-state index contributed by atoms with van der Waals surface area (Å²) in [6.45, 7) is 8.07. The number of nitrogens with zero attached hydrogens (tertiary/aromatic N) is 2. The van der Waals surface area contributed by atoms with Gasteiger partial charge in [0, 0.05) is 24.2 Å². The molecule has 1 aliphatic heterocycles. The molecule has 0 aromatic carbocycles. The Hall–Kier alpha value is -0.450. The lowest BCUT2D eigenvalue weighted by molar-refractivity contribution is 0.211. The summed E-state index contributed by atoms with van der Waals surface area (Å²) >= 11 is 1.76. The number of rotatable bonds is 5. The summed E-state index contributed by atoms with van der Waals surface area (Å²) < 4.78 is 0. The molecule has 0 spiro atoms. The van der Waals surface area contributed by atoms with Crippen molar-refractivity contribution in [3.63, 3.8) is 0 Å². The Kier molecular flexibility index (Phi) is 4.75. The molecule has 1 aromatic heterocycles. The van der Waals surface area contributed by atoms with Gasteiger partial charge in [0.2, 0.25) is 0 Å². The Morgan fingerprint density at radius 1 is 1.62 bits per heavy atom. The first-order valence-electron chi connectivity index (χ1n) is 6.19. The first-order chi connectivity index (χ1) is 7.88. The van der Waals surface area contributed by atoms with E-state index in [1.54, 1.807) is 11.3 Å². The van der Waals surface area contributed by atoms with Crippen LogP contribution in [-0.4, -0.2) is 36.1 Å². The predicted molar refractivity (Wildman–Crippen MR) is 68.7 cm³/mol. The molecular weight excluding hydrogens is 218 g/mol. The summed E-state index contributed by atoms with van der Waals surface area (Å²) in [4.78, 5) is 8.05. The zero-order valence-corrected chi connectivity index (χ0v) is 10.8. The molecule has 2 heterocycles. The van der Waals surface area contributed by atoms with E-state index in [2.05, 4.69) is 22.1 Å². The fraction of sp³-hybridized carbons (Fsp3) is 0.750. The van der Waals surface area contributed by atoms with E-state index in [0.717, 1.165) is 19.0 Å². The van der Waals surface area contributed by atoms with Crippen molar-refractivity contribution in [1.82, 2.24) is 15.2 Å². The number of aromatic nitrogens is 1. The van der Waals surface area contributed by atoms with Crippen LogP contribution in [0.25, 0.3) is 0 Å². The highest BCUT2D eigenvalue weighted by atomic mass is 32.1. The lowest BCUT2D eigenvalue weighted by Crippen LogP contribution is -2.37. The van der Waals surface area contributed by atoms with Gasteiger partial charge in [0.1, 0.15) is 0 Å². The first kappa shape index (κ1) is 12.0. The van der Waals surface area contributed by atoms with Gasteiger partial charge in [0.05, 0.1) is 5.51 Å². The van der Waals surface area contributed by atoms with E-state index in [1.807, 2.05) is 11.7 Å². The number of nitrogens with one attached hydrogen (secondary N) is 1. The molecule has 1 saturated heterocycles. The Bertz CT molecular complexity index is 280. The van der Waals surface area contributed by atoms with Crippen molar-refractivity contribution in [3.05, 3.63) is 16.6 Å². The van der Waals surface area contributed by atoms with Gasteiger partial charge in [-0.3, -0.25) is 9.88 Å². The minimum atomic E-state index is 0.835. The fourth-order valence-corrected chi connectivity index (χ4v) is 2.93. The standard InChI is InChI=1S/C12H21N3S/c1-2-15(9-12-7-14-10-16-12)8-11-4-3-5-13-6-11/h7,10-11,13H,2-6,8-9H2,1H3. The van der Waals surface area contributed by atoms with Crippen LogP contribution in [0.5, 0.6) is 0 Å². The van der Waals surface area contributed by atoms with Crippen LogP contribution in [0, 0.1) is 5.92 Å². The monoisotopic (exact) mass is 239 g/mol. The minimum Gasteiger partial charge on any atom is -0.316 e. The molecule has 0 bridgehead atoms. The van der Waals surface area contributed by atoms with Crippen molar-refractivity contribution >= 4 is 11.3 Å². The van der Waals surface area contributed by atoms with Gasteiger partial charge < -0.3 is 5.32 Å². The van der Waals surface area contributed by atoms with Crippen molar-refractivity contribution in [3.8, 4) is 0 Å². The van der Waals surface area contributed by atoms with Crippen LogP contribution >= 0.6 is 11.3 Å². The normalized spacial score (nSPS) is 21.5. The molecule has 1 aromatic rings. The number of hydrogen-bond acceptors (Lipinski definition) is 4. The van der Waals surface area contributed by atoms with E-state index in [-0.39, 0.29) is 0 Å². The molecule has 0 radical (unpaired) electrons. The molecule has 1 fully saturated rings. The molecule has 1 unspecified atom stereocenters. The second kappa shape index (κ2) is 6.33. The molecule has 4 heteroatoms. The van der Waals surface area contributed by atoms with E-state index in [4.69, 9.17) is 0 Å². The number of thiazole rings is 1. The lowest BCUT2D eigenvalue weighted by Gasteiger charge is -2.29. The van der Waals surface area contributed by atoms with Gasteiger partial charge in [-0.15, -0.1) is 11.3 Å². The lowest BCUT2D eigenvalue weighted by atomic mass is 9.99. The molecule has 90 valence electrons. The van der Waals surface area contributed by atoms with Crippen LogP contribution in [0.15, 0.2) is 11.7 Å². The molecule has 0 amide bonds. The zero-order valence-electron chi connectivity index (χ0n) is 9.98. The van der Waals surface area contributed by atoms with E-state index >= 15 is 0 Å². The van der Waals surface area contributed by atoms with Crippen LogP contribution < -0.4 is 5.32 Å². The van der Waals surface area contributed by atoms with E-state index in [9.17, 15) is 0 Å². The summed E-state index contributed by atoms with van der Waals surface area (Å²) in [6.07, 6.45) is 4.71. The van der Waals surface area contributed by atoms with Gasteiger partial charge in [0.25, 0.3) is 0 Å². The second-order valence-electron chi connectivity index (χ2n) is 4.51. The van der Waals surface area contributed by atoms with Crippen molar-refractivity contribution in [1.29, 1.82) is 0 Å². The zero-order chi connectivity index (χ0) is 11.2. The summed E-state index contributed by atoms with van der Waals surface area (Å²) in [6, 6.07) is 0. The molecule has 0 saturated carbocycles. The summed E-state index contributed by atoms with van der Waals surface area (Å²) in [5.74, 6) is 0.835. The van der Waals surface area contributed by atoms with Gasteiger partial charge in [-0.2, -0.15) is 0 Å². The first-order valence-corrected chi connectivity index (χ1v) is 7.07. The van der Waals surface area contributed by atoms with Crippen molar-refractivity contribution < 1.29 is 0 Å². The van der Waals surface area contributed by atoms with E-state index in [0.29, 0.717) is 0 Å². The predicted octanol–water partition coefficient (Wildman–Crippen LogP) is 1.96. The molecule has 3 nitrogen and oxygen atoms in total. The molecule has 2 rings (SSSR count). The van der Waals surface area contributed by atoms with Gasteiger partial charge in [-0.25, -0.2) is 0 Å². The van der Waals surface area contributed by atoms with Gasteiger partial charge in [0.15, 0.2) is 0 Å². The highest BCUT2D eigenvalue weighted by molar-refractivity contribution is 7.09. The quantitative estimate of drug-likeness (QED) is 0.851. The van der Waals surface area contributed by atoms with Crippen LogP contribution in [0.2, 0.25) is 0 Å². The van der Waals surface area contributed by atoms with Gasteiger partial charge >= 0.3 is 0 Å². The second-order valence-corrected chi connectivity index (χ2v) is 5.48. The molecule has 0 aliphatic carbocycles. The Balaban J connectivity index is 1.80. The SMILES string of the molecule is CCN(Cc1cncs1)CC1CCCNC1. The third kappa shape index (κ3) is 3.54. The molecule has 1 N–H and O–H groups in total. The highest BCUT2D eigenvalue weighted by Gasteiger charge is 2.16. The largest absolute Gasteiger partial charge is 0.316 e. The Morgan fingerprint density at radius 2 is 2.56 bits per heavy atom. The average molecular weight is 239 g/mol. The maximum atomic E-state index is 4.14. The topological polar surface area (TPSA) is 28.2 Å². The third-order valence-corrected chi connectivity index (χ3v) is 3.99. The highest BCUT2D eigenvalue weighted by Crippen LogP contribution is 2.15. The fourth-order valence-electron chi connectivity index (χ4n) is 2.29. The maximum absolute atomic E-state index is 4.14. The molecule has 16 heavy (non-hydrogen) atoms. The Morgan fingerprint density at radius 3 is 3.19 bits per heavy atom. The van der Waals surface area contributed by atoms with Crippen molar-refractivity contribution in [2.75, 3.05) is 26.2 Å². The molecular formula is C12H21N3S. The van der Waals surface area contributed by atoms with Crippen LogP contribution in [0.3, 0.4) is 0 Å². The summed E-state index contributed by atoms with van der Waals surface area (Å²) in [5, 5.41) is 3.49. The van der Waals surface area contributed by atoms with Crippen LogP contribution in [0.1, 0.15) is 24.6 Å². The molecule has 1 atom stereocenters.